The number of likely N-dealkylation sites (tertiary alicyclic amines) is 1. The van der Waals surface area contributed by atoms with Crippen molar-refractivity contribution in [1.29, 1.82) is 0 Å². The molecule has 1 fully saturated rings. The maximum atomic E-state index is 13.4. The van der Waals surface area contributed by atoms with E-state index in [9.17, 15) is 13.6 Å². The Balaban J connectivity index is 1.43. The molecule has 33 heavy (non-hydrogen) atoms. The van der Waals surface area contributed by atoms with Crippen LogP contribution in [0.4, 0.5) is 14.7 Å². The second-order valence-corrected chi connectivity index (χ2v) is 8.53. The number of methoxy groups -OCH3 is 1. The number of nitrogens with one attached hydrogen (secondary N) is 1. The minimum absolute atomic E-state index is 0.0620. The Labute approximate surface area is 191 Å². The van der Waals surface area contributed by atoms with Gasteiger partial charge in [0.1, 0.15) is 5.65 Å². The molecule has 1 aliphatic rings. The number of anilines is 1. The Morgan fingerprint density at radius 1 is 1.15 bits per heavy atom. The molecule has 0 spiro atoms. The Morgan fingerprint density at radius 2 is 1.88 bits per heavy atom. The summed E-state index contributed by atoms with van der Waals surface area (Å²) in [6.07, 6.45) is 1.56. The molecule has 0 aliphatic carbocycles. The number of nitrogens with zero attached hydrogens (tertiary/aromatic N) is 4. The molecule has 0 bridgehead atoms. The topological polar surface area (TPSA) is 72.3 Å². The number of pyridine rings is 1. The van der Waals surface area contributed by atoms with Crippen LogP contribution in [0.1, 0.15) is 36.9 Å². The number of hydrogen-bond acceptors (Lipinski definition) is 6. The lowest BCUT2D eigenvalue weighted by molar-refractivity contribution is -0.0566. The van der Waals surface area contributed by atoms with Gasteiger partial charge in [-0.1, -0.05) is 24.3 Å². The van der Waals surface area contributed by atoms with Gasteiger partial charge in [-0.05, 0) is 24.1 Å². The fourth-order valence-corrected chi connectivity index (χ4v) is 4.02. The molecule has 1 atom stereocenters. The fraction of sp³-hybridized carbons (Fsp3) is 0.458. The van der Waals surface area contributed by atoms with Gasteiger partial charge in [-0.2, -0.15) is 4.98 Å². The van der Waals surface area contributed by atoms with Crippen LogP contribution in [0.25, 0.3) is 11.0 Å². The molecule has 1 aliphatic heterocycles. The summed E-state index contributed by atoms with van der Waals surface area (Å²) in [5.74, 6) is -2.09. The summed E-state index contributed by atoms with van der Waals surface area (Å²) in [6, 6.07) is 11.3. The van der Waals surface area contributed by atoms with E-state index in [1.165, 1.54) is 6.07 Å². The van der Waals surface area contributed by atoms with Crippen LogP contribution in [0.3, 0.4) is 0 Å². The number of piperidine rings is 1. The Hall–Kier alpha value is -2.91. The first-order chi connectivity index (χ1) is 15.8. The van der Waals surface area contributed by atoms with Gasteiger partial charge >= 0.3 is 0 Å². The number of fused-ring (bicyclic) bond motifs is 1. The molecule has 3 heterocycles. The summed E-state index contributed by atoms with van der Waals surface area (Å²) in [4.78, 5) is 23.3. The number of alkyl halides is 2. The SMILES string of the molecule is COCCn1c(=O)ccc2cnc(N[C@@H](C)c3ccc(CN4CCC(F)(F)CC4)cc3)nc21. The van der Waals surface area contributed by atoms with Crippen molar-refractivity contribution in [1.82, 2.24) is 19.4 Å². The zero-order valence-electron chi connectivity index (χ0n) is 18.9. The maximum Gasteiger partial charge on any atom is 0.252 e. The highest BCUT2D eigenvalue weighted by atomic mass is 19.3. The van der Waals surface area contributed by atoms with Crippen LogP contribution >= 0.6 is 0 Å². The maximum absolute atomic E-state index is 13.4. The first-order valence-corrected chi connectivity index (χ1v) is 11.2. The minimum Gasteiger partial charge on any atom is -0.383 e. The highest BCUT2D eigenvalue weighted by Gasteiger charge is 2.33. The van der Waals surface area contributed by atoms with Crippen LogP contribution in [0, 0.1) is 0 Å². The third-order valence-corrected chi connectivity index (χ3v) is 6.06. The monoisotopic (exact) mass is 457 g/mol. The van der Waals surface area contributed by atoms with Crippen LogP contribution in [-0.2, 0) is 17.8 Å². The van der Waals surface area contributed by atoms with E-state index >= 15 is 0 Å². The van der Waals surface area contributed by atoms with Gasteiger partial charge in [0.15, 0.2) is 0 Å². The van der Waals surface area contributed by atoms with Crippen molar-refractivity contribution in [3.8, 4) is 0 Å². The van der Waals surface area contributed by atoms with Crippen LogP contribution in [0.15, 0.2) is 47.4 Å². The highest BCUT2D eigenvalue weighted by molar-refractivity contribution is 5.75. The minimum atomic E-state index is -2.52. The second-order valence-electron chi connectivity index (χ2n) is 8.53. The van der Waals surface area contributed by atoms with Gasteiger partial charge in [-0.25, -0.2) is 13.8 Å². The van der Waals surface area contributed by atoms with Crippen LogP contribution in [0.2, 0.25) is 0 Å². The van der Waals surface area contributed by atoms with Crippen molar-refractivity contribution in [2.45, 2.75) is 44.8 Å². The third kappa shape index (κ3) is 5.72. The van der Waals surface area contributed by atoms with E-state index in [4.69, 9.17) is 4.74 Å². The molecule has 9 heteroatoms. The summed E-state index contributed by atoms with van der Waals surface area (Å²) in [7, 11) is 1.59. The van der Waals surface area contributed by atoms with E-state index in [1.807, 2.05) is 31.2 Å². The van der Waals surface area contributed by atoms with Crippen LogP contribution < -0.4 is 10.9 Å². The van der Waals surface area contributed by atoms with Crippen molar-refractivity contribution >= 4 is 17.0 Å². The van der Waals surface area contributed by atoms with Crippen molar-refractivity contribution < 1.29 is 13.5 Å². The Morgan fingerprint density at radius 3 is 2.58 bits per heavy atom. The molecule has 176 valence electrons. The Kier molecular flexibility index (Phi) is 6.99. The molecule has 3 aromatic rings. The van der Waals surface area contributed by atoms with Gasteiger partial charge in [0, 0.05) is 57.2 Å². The summed E-state index contributed by atoms with van der Waals surface area (Å²) >= 11 is 0. The summed E-state index contributed by atoms with van der Waals surface area (Å²) in [5, 5.41) is 4.08. The standard InChI is InChI=1S/C24H29F2N5O2/c1-17(19-5-3-18(4-6-19)16-30-11-9-24(25,26)10-12-30)28-23-27-15-20-7-8-21(32)31(13-14-33-2)22(20)29-23/h3-8,15,17H,9-14,16H2,1-2H3,(H,27,28,29)/t17-/m0/s1. The summed E-state index contributed by atoms with van der Waals surface area (Å²) in [5.41, 5.74) is 2.58. The molecule has 7 nitrogen and oxygen atoms in total. The van der Waals surface area contributed by atoms with Gasteiger partial charge in [-0.3, -0.25) is 14.3 Å². The third-order valence-electron chi connectivity index (χ3n) is 6.06. The van der Waals surface area contributed by atoms with Crippen LogP contribution in [-0.4, -0.2) is 52.2 Å². The molecule has 1 N–H and O–H groups in total. The number of ether oxygens (including phenoxy) is 1. The zero-order chi connectivity index (χ0) is 23.4. The van der Waals surface area contributed by atoms with Gasteiger partial charge in [0.05, 0.1) is 19.2 Å². The summed E-state index contributed by atoms with van der Waals surface area (Å²) < 4.78 is 33.4. The van der Waals surface area contributed by atoms with Gasteiger partial charge in [0.2, 0.25) is 5.95 Å². The van der Waals surface area contributed by atoms with Gasteiger partial charge in [0.25, 0.3) is 11.5 Å². The molecule has 0 unspecified atom stereocenters. The van der Waals surface area contributed by atoms with Crippen molar-refractivity contribution in [2.24, 2.45) is 0 Å². The van der Waals surface area contributed by atoms with Gasteiger partial charge in [-0.15, -0.1) is 0 Å². The number of rotatable bonds is 8. The molecule has 0 amide bonds. The van der Waals surface area contributed by atoms with E-state index < -0.39 is 5.92 Å². The second kappa shape index (κ2) is 9.93. The largest absolute Gasteiger partial charge is 0.383 e. The quantitative estimate of drug-likeness (QED) is 0.554. The molecule has 0 saturated carbocycles. The van der Waals surface area contributed by atoms with Gasteiger partial charge < -0.3 is 10.1 Å². The fourth-order valence-electron chi connectivity index (χ4n) is 4.02. The number of benzene rings is 1. The molecule has 2 aromatic heterocycles. The Bertz CT molecular complexity index is 1140. The van der Waals surface area contributed by atoms with Crippen molar-refractivity contribution in [2.75, 3.05) is 32.1 Å². The van der Waals surface area contributed by atoms with Crippen molar-refractivity contribution in [3.63, 3.8) is 0 Å². The number of halogens is 2. The van der Waals surface area contributed by atoms with E-state index in [0.29, 0.717) is 44.4 Å². The van der Waals surface area contributed by atoms with E-state index in [2.05, 4.69) is 20.2 Å². The lowest BCUT2D eigenvalue weighted by atomic mass is 10.0. The number of hydrogen-bond donors (Lipinski definition) is 1. The highest BCUT2D eigenvalue weighted by Crippen LogP contribution is 2.28. The summed E-state index contributed by atoms with van der Waals surface area (Å²) in [6.45, 7) is 4.34. The first-order valence-electron chi connectivity index (χ1n) is 11.2. The molecule has 4 rings (SSSR count). The average Bonchev–Trinajstić information content (AvgIpc) is 2.80. The molecular formula is C24H29F2N5O2. The molecule has 0 radical (unpaired) electrons. The first kappa shape index (κ1) is 23.3. The van der Waals surface area contributed by atoms with Crippen LogP contribution in [0.5, 0.6) is 0 Å². The van der Waals surface area contributed by atoms with E-state index in [-0.39, 0.29) is 24.4 Å². The smallest absolute Gasteiger partial charge is 0.252 e. The predicted molar refractivity (Wildman–Crippen MR) is 124 cm³/mol. The normalized spacial score (nSPS) is 17.2. The van der Waals surface area contributed by atoms with E-state index in [0.717, 1.165) is 16.5 Å². The molecule has 1 saturated heterocycles. The lowest BCUT2D eigenvalue weighted by Crippen LogP contribution is -2.38. The molecular weight excluding hydrogens is 428 g/mol. The number of aromatic nitrogens is 3. The molecule has 1 aromatic carbocycles. The zero-order valence-corrected chi connectivity index (χ0v) is 18.9. The average molecular weight is 458 g/mol. The lowest BCUT2D eigenvalue weighted by Gasteiger charge is -2.31. The predicted octanol–water partition coefficient (Wildman–Crippen LogP) is 3.84. The van der Waals surface area contributed by atoms with Crippen molar-refractivity contribution in [3.05, 3.63) is 64.1 Å². The van der Waals surface area contributed by atoms with E-state index in [1.54, 1.807) is 23.9 Å².